The third-order valence-corrected chi connectivity index (χ3v) is 3.34. The first-order valence-electron chi connectivity index (χ1n) is 6.86. The lowest BCUT2D eigenvalue weighted by Gasteiger charge is -2.07. The van der Waals surface area contributed by atoms with Crippen LogP contribution in [0.5, 0.6) is 0 Å². The Bertz CT molecular complexity index is 569. The molecule has 1 aliphatic carbocycles. The average molecular weight is 290 g/mol. The molecule has 2 amide bonds. The van der Waals surface area contributed by atoms with Crippen LogP contribution >= 0.6 is 0 Å². The van der Waals surface area contributed by atoms with Gasteiger partial charge in [0.05, 0.1) is 13.0 Å². The fraction of sp³-hybridized carbons (Fsp3) is 0.400. The van der Waals surface area contributed by atoms with Crippen molar-refractivity contribution in [3.05, 3.63) is 34.9 Å². The summed E-state index contributed by atoms with van der Waals surface area (Å²) in [6.07, 6.45) is 3.44. The molecule has 0 fully saturated rings. The SMILES string of the molecule is NC(=O)CNC(=O)COC(=O)Cc1ccc2c(c1)CCC2. The van der Waals surface area contributed by atoms with Crippen LogP contribution in [0.3, 0.4) is 0 Å². The van der Waals surface area contributed by atoms with Gasteiger partial charge in [0.1, 0.15) is 0 Å². The van der Waals surface area contributed by atoms with Gasteiger partial charge in [0.2, 0.25) is 5.91 Å². The van der Waals surface area contributed by atoms with Crippen molar-refractivity contribution < 1.29 is 19.1 Å². The van der Waals surface area contributed by atoms with Crippen molar-refractivity contribution in [2.75, 3.05) is 13.2 Å². The number of carbonyl (C=O) groups is 3. The van der Waals surface area contributed by atoms with Crippen LogP contribution in [0.4, 0.5) is 0 Å². The summed E-state index contributed by atoms with van der Waals surface area (Å²) in [4.78, 5) is 33.4. The summed E-state index contributed by atoms with van der Waals surface area (Å²) in [5.74, 6) is -1.66. The van der Waals surface area contributed by atoms with Gasteiger partial charge in [-0.2, -0.15) is 0 Å². The van der Waals surface area contributed by atoms with Gasteiger partial charge in [-0.05, 0) is 36.0 Å². The zero-order valence-electron chi connectivity index (χ0n) is 11.7. The topological polar surface area (TPSA) is 98.5 Å². The number of ether oxygens (including phenoxy) is 1. The van der Waals surface area contributed by atoms with Gasteiger partial charge in [0.15, 0.2) is 6.61 Å². The molecule has 2 rings (SSSR count). The number of carbonyl (C=O) groups excluding carboxylic acids is 3. The van der Waals surface area contributed by atoms with Gasteiger partial charge in [-0.25, -0.2) is 0 Å². The van der Waals surface area contributed by atoms with Crippen molar-refractivity contribution in [2.24, 2.45) is 5.73 Å². The summed E-state index contributed by atoms with van der Waals surface area (Å²) in [6, 6.07) is 5.99. The number of hydrogen-bond acceptors (Lipinski definition) is 4. The van der Waals surface area contributed by atoms with Gasteiger partial charge in [-0.1, -0.05) is 18.2 Å². The molecule has 0 aliphatic heterocycles. The molecule has 0 spiro atoms. The van der Waals surface area contributed by atoms with E-state index in [2.05, 4.69) is 5.32 Å². The molecular weight excluding hydrogens is 272 g/mol. The van der Waals surface area contributed by atoms with Crippen LogP contribution in [-0.4, -0.2) is 30.9 Å². The van der Waals surface area contributed by atoms with E-state index in [0.29, 0.717) is 0 Å². The van der Waals surface area contributed by atoms with E-state index < -0.39 is 24.4 Å². The molecule has 0 bridgehead atoms. The first-order valence-corrected chi connectivity index (χ1v) is 6.86. The number of aryl methyl sites for hydroxylation is 2. The Labute approximate surface area is 122 Å². The molecule has 0 saturated heterocycles. The molecule has 1 aromatic rings. The second-order valence-electron chi connectivity index (χ2n) is 5.04. The zero-order chi connectivity index (χ0) is 15.2. The van der Waals surface area contributed by atoms with Gasteiger partial charge in [0.25, 0.3) is 5.91 Å². The van der Waals surface area contributed by atoms with Crippen LogP contribution in [0.2, 0.25) is 0 Å². The number of esters is 1. The van der Waals surface area contributed by atoms with Crippen molar-refractivity contribution in [3.63, 3.8) is 0 Å². The van der Waals surface area contributed by atoms with Crippen LogP contribution in [0, 0.1) is 0 Å². The molecule has 3 N–H and O–H groups in total. The Kier molecular flexibility index (Phi) is 4.92. The first-order chi connectivity index (χ1) is 10.0. The molecule has 6 nitrogen and oxygen atoms in total. The molecule has 1 aliphatic rings. The number of hydrogen-bond donors (Lipinski definition) is 2. The van der Waals surface area contributed by atoms with Crippen molar-refractivity contribution in [2.45, 2.75) is 25.7 Å². The lowest BCUT2D eigenvalue weighted by Crippen LogP contribution is -2.36. The van der Waals surface area contributed by atoms with Gasteiger partial charge >= 0.3 is 5.97 Å². The molecule has 6 heteroatoms. The molecule has 112 valence electrons. The van der Waals surface area contributed by atoms with Crippen LogP contribution in [0.25, 0.3) is 0 Å². The summed E-state index contributed by atoms with van der Waals surface area (Å²) in [5, 5.41) is 2.24. The molecule has 0 heterocycles. The second-order valence-corrected chi connectivity index (χ2v) is 5.04. The van der Waals surface area contributed by atoms with Crippen LogP contribution < -0.4 is 11.1 Å². The molecule has 0 unspecified atom stereocenters. The predicted molar refractivity (Wildman–Crippen MR) is 75.3 cm³/mol. The highest BCUT2D eigenvalue weighted by molar-refractivity contribution is 5.85. The zero-order valence-corrected chi connectivity index (χ0v) is 11.7. The first kappa shape index (κ1) is 15.0. The van der Waals surface area contributed by atoms with Gasteiger partial charge in [-0.3, -0.25) is 14.4 Å². The number of primary amides is 1. The average Bonchev–Trinajstić information content (AvgIpc) is 2.90. The second kappa shape index (κ2) is 6.88. The molecular formula is C15H18N2O4. The smallest absolute Gasteiger partial charge is 0.310 e. The lowest BCUT2D eigenvalue weighted by molar-refractivity contribution is -0.147. The minimum absolute atomic E-state index is 0.135. The maximum atomic E-state index is 11.7. The van der Waals surface area contributed by atoms with Crippen molar-refractivity contribution >= 4 is 17.8 Å². The minimum Gasteiger partial charge on any atom is -0.455 e. The summed E-state index contributed by atoms with van der Waals surface area (Å²) in [6.45, 7) is -0.668. The third kappa shape index (κ3) is 4.59. The van der Waals surface area contributed by atoms with Crippen molar-refractivity contribution in [3.8, 4) is 0 Å². The largest absolute Gasteiger partial charge is 0.455 e. The van der Waals surface area contributed by atoms with E-state index in [0.717, 1.165) is 24.8 Å². The summed E-state index contributed by atoms with van der Waals surface area (Å²) in [7, 11) is 0. The number of rotatable bonds is 6. The van der Waals surface area contributed by atoms with Crippen LogP contribution in [-0.2, 0) is 38.4 Å². The highest BCUT2D eigenvalue weighted by atomic mass is 16.5. The summed E-state index contributed by atoms with van der Waals surface area (Å²) < 4.78 is 4.86. The van der Waals surface area contributed by atoms with Crippen LogP contribution in [0.15, 0.2) is 18.2 Å². The molecule has 0 saturated carbocycles. The monoisotopic (exact) mass is 290 g/mol. The Morgan fingerprint density at radius 2 is 1.95 bits per heavy atom. The number of nitrogens with two attached hydrogens (primary N) is 1. The molecule has 0 aromatic heterocycles. The molecule has 21 heavy (non-hydrogen) atoms. The highest BCUT2D eigenvalue weighted by Crippen LogP contribution is 2.23. The number of fused-ring (bicyclic) bond motifs is 1. The van der Waals surface area contributed by atoms with Crippen LogP contribution in [0.1, 0.15) is 23.1 Å². The standard InChI is InChI=1S/C15H18N2O4/c16-13(18)8-17-14(19)9-21-15(20)7-10-4-5-11-2-1-3-12(11)6-10/h4-6H,1-3,7-9H2,(H2,16,18)(H,17,19). The summed E-state index contributed by atoms with van der Waals surface area (Å²) in [5.41, 5.74) is 8.41. The predicted octanol–water partition coefficient (Wildman–Crippen LogP) is -0.137. The Morgan fingerprint density at radius 3 is 2.71 bits per heavy atom. The van der Waals surface area contributed by atoms with E-state index in [4.69, 9.17) is 10.5 Å². The van der Waals surface area contributed by atoms with E-state index in [-0.39, 0.29) is 13.0 Å². The number of nitrogens with one attached hydrogen (secondary N) is 1. The maximum absolute atomic E-state index is 11.7. The Morgan fingerprint density at radius 1 is 1.19 bits per heavy atom. The van der Waals surface area contributed by atoms with Crippen molar-refractivity contribution in [1.29, 1.82) is 0 Å². The van der Waals surface area contributed by atoms with Gasteiger partial charge in [0, 0.05) is 0 Å². The number of amides is 2. The summed E-state index contributed by atoms with van der Waals surface area (Å²) >= 11 is 0. The molecule has 0 atom stereocenters. The third-order valence-electron chi connectivity index (χ3n) is 3.34. The van der Waals surface area contributed by atoms with E-state index in [1.807, 2.05) is 18.2 Å². The lowest BCUT2D eigenvalue weighted by atomic mass is 10.0. The Balaban J connectivity index is 1.77. The molecule has 0 radical (unpaired) electrons. The van der Waals surface area contributed by atoms with E-state index in [1.165, 1.54) is 11.1 Å². The maximum Gasteiger partial charge on any atom is 0.310 e. The quantitative estimate of drug-likeness (QED) is 0.712. The van der Waals surface area contributed by atoms with Crippen molar-refractivity contribution in [1.82, 2.24) is 5.32 Å². The highest BCUT2D eigenvalue weighted by Gasteiger charge is 2.13. The van der Waals surface area contributed by atoms with Gasteiger partial charge < -0.3 is 15.8 Å². The normalized spacial score (nSPS) is 12.6. The fourth-order valence-electron chi connectivity index (χ4n) is 2.34. The van der Waals surface area contributed by atoms with E-state index in [1.54, 1.807) is 0 Å². The molecule has 1 aromatic carbocycles. The van der Waals surface area contributed by atoms with Gasteiger partial charge in [-0.15, -0.1) is 0 Å². The Hall–Kier alpha value is -2.37. The minimum atomic E-state index is -0.646. The van der Waals surface area contributed by atoms with E-state index in [9.17, 15) is 14.4 Å². The van der Waals surface area contributed by atoms with E-state index >= 15 is 0 Å². The number of benzene rings is 1. The fourth-order valence-corrected chi connectivity index (χ4v) is 2.34.